The van der Waals surface area contributed by atoms with Crippen LogP contribution >= 0.6 is 0 Å². The third-order valence-corrected chi connectivity index (χ3v) is 6.51. The first-order valence-electron chi connectivity index (χ1n) is 10.6. The predicted octanol–water partition coefficient (Wildman–Crippen LogP) is 1.91. The van der Waals surface area contributed by atoms with Gasteiger partial charge in [-0.3, -0.25) is 4.90 Å². The lowest BCUT2D eigenvalue weighted by molar-refractivity contribution is -0.0232. The molecule has 30 heavy (non-hydrogen) atoms. The molecule has 8 heteroatoms. The topological polar surface area (TPSA) is 78.2 Å². The fraction of sp³-hybridized carbons (Fsp3) is 0.591. The van der Waals surface area contributed by atoms with Crippen LogP contribution in [0.15, 0.2) is 30.7 Å². The summed E-state index contributed by atoms with van der Waals surface area (Å²) in [5.41, 5.74) is 1.21. The molecule has 3 aliphatic rings. The number of aliphatic hydroxyl groups is 1. The lowest BCUT2D eigenvalue weighted by Gasteiger charge is -2.35. The fourth-order valence-corrected chi connectivity index (χ4v) is 4.97. The van der Waals surface area contributed by atoms with Gasteiger partial charge in [0.05, 0.1) is 24.7 Å². The first-order chi connectivity index (χ1) is 14.7. The summed E-state index contributed by atoms with van der Waals surface area (Å²) < 4.78 is 24.3. The number of hydrogen-bond donors (Lipinski definition) is 1. The molecule has 1 saturated carbocycles. The van der Waals surface area contributed by atoms with Crippen molar-refractivity contribution in [2.45, 2.75) is 38.1 Å². The second kappa shape index (κ2) is 8.45. The smallest absolute Gasteiger partial charge is 0.231 e. The van der Waals surface area contributed by atoms with Crippen LogP contribution < -0.4 is 14.2 Å². The molecule has 8 nitrogen and oxygen atoms in total. The maximum absolute atomic E-state index is 10.7. The Kier molecular flexibility index (Phi) is 5.54. The van der Waals surface area contributed by atoms with Crippen molar-refractivity contribution in [3.05, 3.63) is 36.4 Å². The molecule has 2 aliphatic heterocycles. The third kappa shape index (κ3) is 3.99. The Morgan fingerprint density at radius 1 is 1.17 bits per heavy atom. The van der Waals surface area contributed by atoms with Crippen molar-refractivity contribution in [2.24, 2.45) is 11.8 Å². The SMILES string of the molecule is COCCn1cncc1CN1C[C@H]2C[C@@H](Oc3ccc4c(c3)OCO4)[C@H](O)C[C@H]2C1. The van der Waals surface area contributed by atoms with E-state index in [1.165, 1.54) is 5.69 Å². The van der Waals surface area contributed by atoms with Crippen molar-refractivity contribution < 1.29 is 24.1 Å². The number of likely N-dealkylation sites (tertiary alicyclic amines) is 1. The van der Waals surface area contributed by atoms with E-state index in [-0.39, 0.29) is 12.9 Å². The molecule has 4 atom stereocenters. The number of ether oxygens (including phenoxy) is 4. The van der Waals surface area contributed by atoms with E-state index < -0.39 is 6.10 Å². The van der Waals surface area contributed by atoms with E-state index in [0.29, 0.717) is 24.2 Å². The van der Waals surface area contributed by atoms with Gasteiger partial charge in [-0.25, -0.2) is 4.98 Å². The van der Waals surface area contributed by atoms with E-state index in [1.807, 2.05) is 30.7 Å². The standard InChI is InChI=1S/C22H29N3O5/c1-27-5-4-25-13-23-9-17(25)12-24-10-15-6-19(26)21(7-16(15)11-24)30-18-2-3-20-22(8-18)29-14-28-20/h2-3,8-9,13,15-16,19,21,26H,4-7,10-12,14H2,1H3/t15-,16+,19+,21+/m0/s1. The Balaban J connectivity index is 1.20. The summed E-state index contributed by atoms with van der Waals surface area (Å²) in [6.07, 6.45) is 4.80. The molecule has 162 valence electrons. The van der Waals surface area contributed by atoms with Crippen LogP contribution in [0.4, 0.5) is 0 Å². The van der Waals surface area contributed by atoms with Gasteiger partial charge in [0.2, 0.25) is 6.79 Å². The maximum atomic E-state index is 10.7. The quantitative estimate of drug-likeness (QED) is 0.740. The largest absolute Gasteiger partial charge is 0.488 e. The number of aromatic nitrogens is 2. The van der Waals surface area contributed by atoms with E-state index in [4.69, 9.17) is 18.9 Å². The lowest BCUT2D eigenvalue weighted by atomic mass is 9.78. The van der Waals surface area contributed by atoms with Crippen molar-refractivity contribution in [3.63, 3.8) is 0 Å². The highest BCUT2D eigenvalue weighted by Gasteiger charge is 2.42. The zero-order valence-electron chi connectivity index (χ0n) is 17.3. The lowest BCUT2D eigenvalue weighted by Crippen LogP contribution is -2.42. The molecular formula is C22H29N3O5. The van der Waals surface area contributed by atoms with Gasteiger partial charge in [-0.05, 0) is 36.8 Å². The van der Waals surface area contributed by atoms with Crippen LogP contribution in [-0.2, 0) is 17.8 Å². The Bertz CT molecular complexity index is 872. The van der Waals surface area contributed by atoms with Gasteiger partial charge < -0.3 is 28.6 Å². The predicted molar refractivity (Wildman–Crippen MR) is 109 cm³/mol. The van der Waals surface area contributed by atoms with Crippen LogP contribution in [0.25, 0.3) is 0 Å². The van der Waals surface area contributed by atoms with E-state index in [1.54, 1.807) is 7.11 Å². The van der Waals surface area contributed by atoms with Gasteiger partial charge in [0.1, 0.15) is 11.9 Å². The van der Waals surface area contributed by atoms with Gasteiger partial charge in [0.15, 0.2) is 11.5 Å². The molecule has 0 spiro atoms. The van der Waals surface area contributed by atoms with Crippen LogP contribution in [0, 0.1) is 11.8 Å². The second-order valence-corrected chi connectivity index (χ2v) is 8.50. The summed E-state index contributed by atoms with van der Waals surface area (Å²) in [4.78, 5) is 6.78. The highest BCUT2D eigenvalue weighted by atomic mass is 16.7. The fourth-order valence-electron chi connectivity index (χ4n) is 4.97. The van der Waals surface area contributed by atoms with Crippen LogP contribution in [0.2, 0.25) is 0 Å². The van der Waals surface area contributed by atoms with Crippen molar-refractivity contribution in [1.82, 2.24) is 14.5 Å². The molecule has 1 aromatic carbocycles. The molecule has 2 aromatic rings. The molecule has 1 aromatic heterocycles. The first-order valence-corrected chi connectivity index (χ1v) is 10.6. The Labute approximate surface area is 176 Å². The summed E-state index contributed by atoms with van der Waals surface area (Å²) >= 11 is 0. The van der Waals surface area contributed by atoms with Crippen molar-refractivity contribution in [2.75, 3.05) is 33.6 Å². The Morgan fingerprint density at radius 3 is 2.87 bits per heavy atom. The number of methoxy groups -OCH3 is 1. The van der Waals surface area contributed by atoms with Gasteiger partial charge in [-0.1, -0.05) is 0 Å². The molecule has 0 amide bonds. The average molecular weight is 415 g/mol. The summed E-state index contributed by atoms with van der Waals surface area (Å²) in [5, 5.41) is 10.7. The summed E-state index contributed by atoms with van der Waals surface area (Å²) in [6, 6.07) is 5.59. The molecule has 3 heterocycles. The van der Waals surface area contributed by atoms with E-state index >= 15 is 0 Å². The molecular weight excluding hydrogens is 386 g/mol. The van der Waals surface area contributed by atoms with Crippen molar-refractivity contribution >= 4 is 0 Å². The van der Waals surface area contributed by atoms with Gasteiger partial charge >= 0.3 is 0 Å². The highest BCUT2D eigenvalue weighted by Crippen LogP contribution is 2.40. The number of benzene rings is 1. The number of imidazole rings is 1. The molecule has 1 saturated heterocycles. The molecule has 5 rings (SSSR count). The normalized spacial score (nSPS) is 27.9. The second-order valence-electron chi connectivity index (χ2n) is 8.50. The van der Waals surface area contributed by atoms with Gasteiger partial charge in [-0.2, -0.15) is 0 Å². The third-order valence-electron chi connectivity index (χ3n) is 6.51. The van der Waals surface area contributed by atoms with Crippen molar-refractivity contribution in [3.8, 4) is 17.2 Å². The maximum Gasteiger partial charge on any atom is 0.231 e. The molecule has 1 N–H and O–H groups in total. The number of fused-ring (bicyclic) bond motifs is 2. The first kappa shape index (κ1) is 19.7. The zero-order chi connectivity index (χ0) is 20.5. The van der Waals surface area contributed by atoms with Crippen LogP contribution in [0.1, 0.15) is 18.5 Å². The van der Waals surface area contributed by atoms with Gasteiger partial charge in [-0.15, -0.1) is 0 Å². The van der Waals surface area contributed by atoms with Crippen LogP contribution in [-0.4, -0.2) is 65.4 Å². The minimum atomic E-state index is -0.455. The van der Waals surface area contributed by atoms with Crippen molar-refractivity contribution in [1.29, 1.82) is 0 Å². The summed E-state index contributed by atoms with van der Waals surface area (Å²) in [5.74, 6) is 3.20. The highest BCUT2D eigenvalue weighted by molar-refractivity contribution is 5.47. The number of aliphatic hydroxyl groups excluding tert-OH is 1. The molecule has 2 fully saturated rings. The number of nitrogens with zero attached hydrogens (tertiary/aromatic N) is 3. The average Bonchev–Trinajstić information content (AvgIpc) is 3.46. The zero-order valence-corrected chi connectivity index (χ0v) is 17.3. The van der Waals surface area contributed by atoms with Gasteiger partial charge in [0, 0.05) is 45.6 Å². The number of rotatable bonds is 7. The molecule has 0 bridgehead atoms. The van der Waals surface area contributed by atoms with Crippen LogP contribution in [0.5, 0.6) is 17.2 Å². The van der Waals surface area contributed by atoms with E-state index in [2.05, 4.69) is 14.5 Å². The summed E-state index contributed by atoms with van der Waals surface area (Å²) in [6.45, 7) is 4.65. The number of hydrogen-bond acceptors (Lipinski definition) is 7. The Morgan fingerprint density at radius 2 is 2.00 bits per heavy atom. The van der Waals surface area contributed by atoms with E-state index in [0.717, 1.165) is 50.5 Å². The van der Waals surface area contributed by atoms with Gasteiger partial charge in [0.25, 0.3) is 0 Å². The molecule has 1 aliphatic carbocycles. The monoisotopic (exact) mass is 415 g/mol. The molecule has 0 radical (unpaired) electrons. The molecule has 0 unspecified atom stereocenters. The minimum absolute atomic E-state index is 0.196. The van der Waals surface area contributed by atoms with Crippen LogP contribution in [0.3, 0.4) is 0 Å². The Hall–Kier alpha value is -2.29. The van der Waals surface area contributed by atoms with E-state index in [9.17, 15) is 5.11 Å². The minimum Gasteiger partial charge on any atom is -0.488 e. The summed E-state index contributed by atoms with van der Waals surface area (Å²) in [7, 11) is 1.72.